The van der Waals surface area contributed by atoms with Gasteiger partial charge in [0, 0.05) is 6.61 Å². The Morgan fingerprint density at radius 2 is 2.32 bits per heavy atom. The fourth-order valence-electron chi connectivity index (χ4n) is 1.72. The van der Waals surface area contributed by atoms with E-state index in [-0.39, 0.29) is 25.6 Å². The van der Waals surface area contributed by atoms with Gasteiger partial charge in [-0.1, -0.05) is 5.92 Å². The zero-order valence-electron chi connectivity index (χ0n) is 12.1. The first-order valence-electron chi connectivity index (χ1n) is 6.74. The van der Waals surface area contributed by atoms with Gasteiger partial charge >= 0.3 is 7.32 Å². The number of nitrogens with zero attached hydrogens (tertiary/aromatic N) is 4. The molecule has 0 radical (unpaired) electrons. The van der Waals surface area contributed by atoms with Gasteiger partial charge in [-0.15, -0.1) is 11.5 Å². The first-order chi connectivity index (χ1) is 10.5. The number of hydrogen-bond acceptors (Lipinski definition) is 8. The van der Waals surface area contributed by atoms with Crippen LogP contribution in [-0.2, 0) is 16.0 Å². The van der Waals surface area contributed by atoms with Gasteiger partial charge < -0.3 is 25.8 Å². The number of hydrogen-bond donors (Lipinski definition) is 4. The van der Waals surface area contributed by atoms with Crippen molar-refractivity contribution in [3.05, 3.63) is 5.82 Å². The molecule has 0 spiro atoms. The smallest absolute Gasteiger partial charge is 0.402 e. The number of carbonyl (C=O) groups is 1. The molecule has 1 amide bonds. The maximum absolute atomic E-state index is 11.6. The summed E-state index contributed by atoms with van der Waals surface area (Å²) in [7, 11) is -1.76. The predicted molar refractivity (Wildman–Crippen MR) is 76.6 cm³/mol. The van der Waals surface area contributed by atoms with Gasteiger partial charge in [0.2, 0.25) is 5.91 Å². The Morgan fingerprint density at radius 1 is 1.55 bits per heavy atom. The highest BCUT2D eigenvalue weighted by molar-refractivity contribution is 6.32. The number of unbranched alkanes of at least 4 members (excludes halogenated alkanes) is 1. The Morgan fingerprint density at radius 3 is 3.00 bits per heavy atom. The minimum Gasteiger partial charge on any atom is -0.402 e. The van der Waals surface area contributed by atoms with E-state index < -0.39 is 13.4 Å². The SMILES string of the molecule is C#CCNC(=O)Cn1nnnc1[C@@H](N)CCCCOB(O)O. The zero-order valence-corrected chi connectivity index (χ0v) is 12.1. The second-order valence-electron chi connectivity index (χ2n) is 4.47. The molecule has 1 atom stereocenters. The summed E-state index contributed by atoms with van der Waals surface area (Å²) in [5, 5.41) is 30.6. The molecule has 1 rings (SSSR count). The van der Waals surface area contributed by atoms with Crippen LogP contribution in [0.2, 0.25) is 0 Å². The third-order valence-electron chi connectivity index (χ3n) is 2.75. The van der Waals surface area contributed by atoms with Crippen LogP contribution in [0.25, 0.3) is 0 Å². The number of tetrazole rings is 1. The molecule has 5 N–H and O–H groups in total. The van der Waals surface area contributed by atoms with Gasteiger partial charge in [0.05, 0.1) is 12.6 Å². The predicted octanol–water partition coefficient (Wildman–Crippen LogP) is -2.42. The van der Waals surface area contributed by atoms with Gasteiger partial charge in [0.15, 0.2) is 5.82 Å². The number of terminal acetylenes is 1. The monoisotopic (exact) mass is 310 g/mol. The number of nitrogens with two attached hydrogens (primary N) is 1. The van der Waals surface area contributed by atoms with Crippen molar-refractivity contribution in [3.8, 4) is 12.3 Å². The summed E-state index contributed by atoms with van der Waals surface area (Å²) in [6.07, 6.45) is 6.91. The van der Waals surface area contributed by atoms with Crippen LogP contribution in [0.1, 0.15) is 31.1 Å². The molecule has 11 heteroatoms. The van der Waals surface area contributed by atoms with E-state index in [1.165, 1.54) is 4.68 Å². The van der Waals surface area contributed by atoms with Crippen LogP contribution in [0.3, 0.4) is 0 Å². The molecule has 0 saturated heterocycles. The Hall–Kier alpha value is -2.00. The molecule has 0 aliphatic heterocycles. The Labute approximate surface area is 128 Å². The lowest BCUT2D eigenvalue weighted by atomic mass is 10.1. The molecule has 0 saturated carbocycles. The second-order valence-corrected chi connectivity index (χ2v) is 4.47. The lowest BCUT2D eigenvalue weighted by Crippen LogP contribution is -2.30. The van der Waals surface area contributed by atoms with Gasteiger partial charge in [-0.3, -0.25) is 4.79 Å². The van der Waals surface area contributed by atoms with E-state index in [9.17, 15) is 4.79 Å². The highest BCUT2D eigenvalue weighted by atomic mass is 16.6. The Kier molecular flexibility index (Phi) is 8.09. The zero-order chi connectivity index (χ0) is 16.4. The van der Waals surface area contributed by atoms with Crippen LogP contribution in [0.4, 0.5) is 0 Å². The molecule has 1 heterocycles. The lowest BCUT2D eigenvalue weighted by molar-refractivity contribution is -0.121. The molecule has 1 aromatic heterocycles. The minimum absolute atomic E-state index is 0.0580. The van der Waals surface area contributed by atoms with Crippen molar-refractivity contribution >= 4 is 13.2 Å². The molecule has 0 aliphatic carbocycles. The van der Waals surface area contributed by atoms with Crippen LogP contribution in [-0.4, -0.2) is 56.6 Å². The van der Waals surface area contributed by atoms with Gasteiger partial charge in [-0.25, -0.2) is 4.68 Å². The van der Waals surface area contributed by atoms with Crippen LogP contribution in [0.5, 0.6) is 0 Å². The number of amides is 1. The fourth-order valence-corrected chi connectivity index (χ4v) is 1.72. The minimum atomic E-state index is -1.76. The average Bonchev–Trinajstić information content (AvgIpc) is 2.92. The van der Waals surface area contributed by atoms with E-state index in [0.717, 1.165) is 0 Å². The lowest BCUT2D eigenvalue weighted by Gasteiger charge is -2.11. The van der Waals surface area contributed by atoms with E-state index in [4.69, 9.17) is 22.2 Å². The van der Waals surface area contributed by atoms with Gasteiger partial charge in [-0.05, 0) is 29.7 Å². The summed E-state index contributed by atoms with van der Waals surface area (Å²) in [4.78, 5) is 11.6. The normalized spacial score (nSPS) is 11.7. The van der Waals surface area contributed by atoms with E-state index in [1.807, 2.05) is 0 Å². The van der Waals surface area contributed by atoms with Gasteiger partial charge in [-0.2, -0.15) is 0 Å². The quantitative estimate of drug-likeness (QED) is 0.212. The van der Waals surface area contributed by atoms with Crippen molar-refractivity contribution in [2.45, 2.75) is 31.8 Å². The first kappa shape index (κ1) is 18.1. The number of rotatable bonds is 10. The summed E-state index contributed by atoms with van der Waals surface area (Å²) >= 11 is 0. The molecule has 0 bridgehead atoms. The third kappa shape index (κ3) is 6.64. The molecule has 22 heavy (non-hydrogen) atoms. The molecule has 0 fully saturated rings. The molecular formula is C11H19BN6O4. The molecule has 0 unspecified atom stereocenters. The Balaban J connectivity index is 2.40. The van der Waals surface area contributed by atoms with Crippen molar-refractivity contribution in [2.24, 2.45) is 5.73 Å². The fraction of sp³-hybridized carbons (Fsp3) is 0.636. The van der Waals surface area contributed by atoms with E-state index in [2.05, 4.69) is 31.4 Å². The standard InChI is InChI=1S/C11H19BN6O4/c1-2-6-14-10(19)8-18-11(15-16-17-18)9(13)5-3-4-7-22-12(20)21/h1,9,20-21H,3-8,13H2,(H,14,19)/t9-/m0/s1. The van der Waals surface area contributed by atoms with Crippen LogP contribution < -0.4 is 11.1 Å². The summed E-state index contributed by atoms with van der Waals surface area (Å²) < 4.78 is 5.91. The van der Waals surface area contributed by atoms with Crippen LogP contribution in [0.15, 0.2) is 0 Å². The molecule has 120 valence electrons. The number of aromatic nitrogens is 4. The van der Waals surface area contributed by atoms with E-state index in [0.29, 0.717) is 25.1 Å². The van der Waals surface area contributed by atoms with Crippen molar-refractivity contribution in [3.63, 3.8) is 0 Å². The Bertz CT molecular complexity index is 503. The second kappa shape index (κ2) is 9.85. The van der Waals surface area contributed by atoms with Gasteiger partial charge in [0.1, 0.15) is 6.54 Å². The van der Waals surface area contributed by atoms with Gasteiger partial charge in [0.25, 0.3) is 0 Å². The first-order valence-corrected chi connectivity index (χ1v) is 6.74. The maximum atomic E-state index is 11.6. The van der Waals surface area contributed by atoms with Crippen molar-refractivity contribution in [1.82, 2.24) is 25.5 Å². The summed E-state index contributed by atoms with van der Waals surface area (Å²) in [6, 6.07) is -0.436. The average molecular weight is 310 g/mol. The van der Waals surface area contributed by atoms with Crippen molar-refractivity contribution in [2.75, 3.05) is 13.2 Å². The third-order valence-corrected chi connectivity index (χ3v) is 2.75. The maximum Gasteiger partial charge on any atom is 0.633 e. The summed E-state index contributed by atoms with van der Waals surface area (Å²) in [5.74, 6) is 2.40. The van der Waals surface area contributed by atoms with Crippen LogP contribution in [0, 0.1) is 12.3 Å². The van der Waals surface area contributed by atoms with E-state index >= 15 is 0 Å². The molecular weight excluding hydrogens is 291 g/mol. The summed E-state index contributed by atoms with van der Waals surface area (Å²) in [6.45, 7) is 0.292. The van der Waals surface area contributed by atoms with Crippen LogP contribution >= 0.6 is 0 Å². The molecule has 0 aromatic carbocycles. The molecule has 1 aromatic rings. The molecule has 10 nitrogen and oxygen atoms in total. The molecule has 0 aliphatic rings. The topological polar surface area (TPSA) is 148 Å². The highest BCUT2D eigenvalue weighted by Crippen LogP contribution is 2.13. The number of nitrogens with one attached hydrogen (secondary N) is 1. The number of carbonyl (C=O) groups excluding carboxylic acids is 1. The highest BCUT2D eigenvalue weighted by Gasteiger charge is 2.17. The van der Waals surface area contributed by atoms with Crippen molar-refractivity contribution in [1.29, 1.82) is 0 Å². The van der Waals surface area contributed by atoms with E-state index in [1.54, 1.807) is 0 Å². The summed E-state index contributed by atoms with van der Waals surface area (Å²) in [5.41, 5.74) is 5.99. The van der Waals surface area contributed by atoms with Crippen molar-refractivity contribution < 1.29 is 19.5 Å². The largest absolute Gasteiger partial charge is 0.633 e.